The Morgan fingerprint density at radius 2 is 1.65 bits per heavy atom. The van der Waals surface area contributed by atoms with E-state index in [4.69, 9.17) is 0 Å². The fourth-order valence-electron chi connectivity index (χ4n) is 4.59. The van der Waals surface area contributed by atoms with Crippen LogP contribution >= 0.6 is 0 Å². The second-order valence-electron chi connectivity index (χ2n) is 8.58. The van der Waals surface area contributed by atoms with Crippen molar-refractivity contribution in [3.8, 4) is 0 Å². The number of anilines is 1. The van der Waals surface area contributed by atoms with E-state index < -0.39 is 10.0 Å². The van der Waals surface area contributed by atoms with Crippen LogP contribution in [0.4, 0.5) is 5.69 Å². The van der Waals surface area contributed by atoms with E-state index in [2.05, 4.69) is 5.32 Å². The topological polar surface area (TPSA) is 69.7 Å². The lowest BCUT2D eigenvalue weighted by atomic mass is 9.96. The van der Waals surface area contributed by atoms with Crippen LogP contribution in [-0.2, 0) is 10.0 Å². The highest BCUT2D eigenvalue weighted by Gasteiger charge is 2.30. The van der Waals surface area contributed by atoms with Crippen LogP contribution in [0.5, 0.6) is 0 Å². The minimum atomic E-state index is -3.55. The second kappa shape index (κ2) is 9.40. The van der Waals surface area contributed by atoms with E-state index in [9.17, 15) is 13.2 Å². The van der Waals surface area contributed by atoms with Gasteiger partial charge >= 0.3 is 0 Å². The molecule has 1 N–H and O–H groups in total. The first-order valence-electron chi connectivity index (χ1n) is 11.1. The minimum Gasteiger partial charge on any atom is -0.380 e. The Balaban J connectivity index is 1.39. The number of carbonyl (C=O) groups excluding carboxylic acids is 1. The van der Waals surface area contributed by atoms with Crippen LogP contribution in [0.3, 0.4) is 0 Å². The molecule has 0 bridgehead atoms. The number of sulfonamides is 1. The van der Waals surface area contributed by atoms with Gasteiger partial charge in [0, 0.05) is 43.5 Å². The van der Waals surface area contributed by atoms with Gasteiger partial charge in [0.25, 0.3) is 5.91 Å². The number of nitrogens with zero attached hydrogens (tertiary/aromatic N) is 2. The number of hydrogen-bond donors (Lipinski definition) is 1. The Bertz CT molecular complexity index is 986. The summed E-state index contributed by atoms with van der Waals surface area (Å²) >= 11 is 0. The summed E-state index contributed by atoms with van der Waals surface area (Å²) in [5.74, 6) is -0.0538. The number of nitrogens with one attached hydrogen (secondary N) is 1. The fourth-order valence-corrected chi connectivity index (χ4v) is 6.01. The molecule has 0 radical (unpaired) electrons. The second-order valence-corrected chi connectivity index (χ2v) is 10.6. The molecule has 2 fully saturated rings. The number of carbonyl (C=O) groups is 1. The fraction of sp³-hybridized carbons (Fsp3) is 0.458. The van der Waals surface area contributed by atoms with Crippen molar-refractivity contribution in [2.24, 2.45) is 0 Å². The number of likely N-dealkylation sites (tertiary alicyclic amines) is 1. The van der Waals surface area contributed by atoms with Crippen molar-refractivity contribution in [2.75, 3.05) is 25.5 Å². The van der Waals surface area contributed by atoms with Gasteiger partial charge in [0.2, 0.25) is 10.0 Å². The standard InChI is InChI=1S/C24H31N3O3S/c1-26(22-10-6-3-7-11-22)31(29,30)23-14-12-19(13-15-23)24(28)27-17-16-21(18-27)25-20-8-4-2-5-9-20/h2,4-5,8-9,12-15,21-22,25H,3,6-7,10-11,16-18H2,1H3. The van der Waals surface area contributed by atoms with Gasteiger partial charge in [0.15, 0.2) is 0 Å². The van der Waals surface area contributed by atoms with Crippen molar-refractivity contribution < 1.29 is 13.2 Å². The molecule has 0 spiro atoms. The van der Waals surface area contributed by atoms with E-state index in [1.807, 2.05) is 35.2 Å². The highest BCUT2D eigenvalue weighted by Crippen LogP contribution is 2.27. The van der Waals surface area contributed by atoms with Crippen molar-refractivity contribution >= 4 is 21.6 Å². The molecular weight excluding hydrogens is 410 g/mol. The molecule has 6 nitrogen and oxygen atoms in total. The van der Waals surface area contributed by atoms with Crippen LogP contribution in [0.2, 0.25) is 0 Å². The molecule has 1 saturated heterocycles. The van der Waals surface area contributed by atoms with E-state index in [1.54, 1.807) is 31.3 Å². The third-order valence-corrected chi connectivity index (χ3v) is 8.41. The van der Waals surface area contributed by atoms with Crippen molar-refractivity contribution in [3.63, 3.8) is 0 Å². The number of rotatable bonds is 6. The molecule has 2 aromatic rings. The molecule has 7 heteroatoms. The molecule has 166 valence electrons. The molecule has 0 aromatic heterocycles. The van der Waals surface area contributed by atoms with Gasteiger partial charge in [-0.05, 0) is 55.7 Å². The van der Waals surface area contributed by atoms with E-state index in [1.165, 1.54) is 10.7 Å². The molecule has 1 heterocycles. The molecule has 2 aromatic carbocycles. The van der Waals surface area contributed by atoms with Gasteiger partial charge in [0.1, 0.15) is 0 Å². The van der Waals surface area contributed by atoms with Gasteiger partial charge in [-0.1, -0.05) is 37.5 Å². The van der Waals surface area contributed by atoms with E-state index in [-0.39, 0.29) is 22.9 Å². The summed E-state index contributed by atoms with van der Waals surface area (Å²) in [4.78, 5) is 15.0. The van der Waals surface area contributed by atoms with Gasteiger partial charge in [0.05, 0.1) is 4.90 Å². The van der Waals surface area contributed by atoms with E-state index in [0.29, 0.717) is 18.7 Å². The van der Waals surface area contributed by atoms with Gasteiger partial charge in [-0.2, -0.15) is 4.31 Å². The summed E-state index contributed by atoms with van der Waals surface area (Å²) in [6.45, 7) is 1.33. The average Bonchev–Trinajstić information content (AvgIpc) is 3.28. The molecule has 1 atom stereocenters. The zero-order chi connectivity index (χ0) is 21.8. The van der Waals surface area contributed by atoms with Gasteiger partial charge in [-0.25, -0.2) is 8.42 Å². The summed E-state index contributed by atoms with van der Waals surface area (Å²) in [7, 11) is -1.87. The zero-order valence-electron chi connectivity index (χ0n) is 18.0. The van der Waals surface area contributed by atoms with Crippen LogP contribution < -0.4 is 5.32 Å². The molecule has 1 aliphatic carbocycles. The van der Waals surface area contributed by atoms with Gasteiger partial charge in [-0.3, -0.25) is 4.79 Å². The number of amides is 1. The van der Waals surface area contributed by atoms with Crippen molar-refractivity contribution in [1.82, 2.24) is 9.21 Å². The van der Waals surface area contributed by atoms with Gasteiger partial charge < -0.3 is 10.2 Å². The maximum absolute atomic E-state index is 13.0. The lowest BCUT2D eigenvalue weighted by Crippen LogP contribution is -2.38. The highest BCUT2D eigenvalue weighted by molar-refractivity contribution is 7.89. The summed E-state index contributed by atoms with van der Waals surface area (Å²) in [5.41, 5.74) is 1.58. The monoisotopic (exact) mass is 441 g/mol. The van der Waals surface area contributed by atoms with Crippen LogP contribution in [0.25, 0.3) is 0 Å². The Kier molecular flexibility index (Phi) is 6.62. The Labute approximate surface area is 185 Å². The van der Waals surface area contributed by atoms with Crippen molar-refractivity contribution in [3.05, 3.63) is 60.2 Å². The molecule has 1 amide bonds. The third-order valence-electron chi connectivity index (χ3n) is 6.49. The molecule has 2 aliphatic rings. The quantitative estimate of drug-likeness (QED) is 0.737. The Morgan fingerprint density at radius 1 is 0.968 bits per heavy atom. The lowest BCUT2D eigenvalue weighted by Gasteiger charge is -2.30. The molecule has 1 aliphatic heterocycles. The molecule has 4 rings (SSSR count). The Hall–Kier alpha value is -2.38. The first-order chi connectivity index (χ1) is 14.9. The summed E-state index contributed by atoms with van der Waals surface area (Å²) in [6, 6.07) is 16.7. The van der Waals surface area contributed by atoms with Crippen molar-refractivity contribution in [2.45, 2.75) is 55.5 Å². The maximum Gasteiger partial charge on any atom is 0.253 e. The van der Waals surface area contributed by atoms with E-state index in [0.717, 1.165) is 37.8 Å². The summed E-state index contributed by atoms with van der Waals surface area (Å²) in [6.07, 6.45) is 6.05. The molecular formula is C24H31N3O3S. The van der Waals surface area contributed by atoms with Crippen LogP contribution in [0, 0.1) is 0 Å². The predicted molar refractivity (Wildman–Crippen MR) is 123 cm³/mol. The van der Waals surface area contributed by atoms with E-state index >= 15 is 0 Å². The van der Waals surface area contributed by atoms with Crippen LogP contribution in [0.15, 0.2) is 59.5 Å². The number of benzene rings is 2. The molecule has 31 heavy (non-hydrogen) atoms. The summed E-state index contributed by atoms with van der Waals surface area (Å²) < 4.78 is 27.5. The van der Waals surface area contributed by atoms with Crippen LogP contribution in [-0.4, -0.2) is 55.8 Å². The smallest absolute Gasteiger partial charge is 0.253 e. The largest absolute Gasteiger partial charge is 0.380 e. The maximum atomic E-state index is 13.0. The highest BCUT2D eigenvalue weighted by atomic mass is 32.2. The third kappa shape index (κ3) is 4.93. The van der Waals surface area contributed by atoms with Crippen molar-refractivity contribution in [1.29, 1.82) is 0 Å². The first kappa shape index (κ1) is 21.8. The SMILES string of the molecule is CN(C1CCCCC1)S(=O)(=O)c1ccc(C(=O)N2CCC(Nc3ccccc3)C2)cc1. The number of hydrogen-bond acceptors (Lipinski definition) is 4. The van der Waals surface area contributed by atoms with Gasteiger partial charge in [-0.15, -0.1) is 0 Å². The summed E-state index contributed by atoms with van der Waals surface area (Å²) in [5, 5.41) is 3.47. The predicted octanol–water partition coefficient (Wildman–Crippen LogP) is 3.97. The Morgan fingerprint density at radius 3 is 2.32 bits per heavy atom. The van der Waals surface area contributed by atoms with Crippen LogP contribution in [0.1, 0.15) is 48.9 Å². The lowest BCUT2D eigenvalue weighted by molar-refractivity contribution is 0.0791. The molecule has 1 unspecified atom stereocenters. The zero-order valence-corrected chi connectivity index (χ0v) is 18.9. The normalized spacial score (nSPS) is 20.2. The first-order valence-corrected chi connectivity index (χ1v) is 12.6. The minimum absolute atomic E-state index is 0.0538. The average molecular weight is 442 g/mol. The number of para-hydroxylation sites is 1. The molecule has 1 saturated carbocycles.